The van der Waals surface area contributed by atoms with E-state index in [1.165, 1.54) is 12.1 Å². The largest absolute Gasteiger partial charge is 0.454 e. The smallest absolute Gasteiger partial charge is 0.294 e. The van der Waals surface area contributed by atoms with Crippen molar-refractivity contribution in [1.82, 2.24) is 4.90 Å². The zero-order valence-corrected chi connectivity index (χ0v) is 16.7. The number of halogens is 1. The Hall–Kier alpha value is -2.06. The standard InChI is InChI=1S/C20H20ClNO5S/c1-2-8-22-9-7-15-16(10-18-20(19(15)21)27-12-26-18)17(11-22)13-3-5-14(6-4-13)28(23,24)25/h2-6,10,17H,1,7-9,11-12H2,(H,23,24,25). The molecule has 8 heteroatoms. The van der Waals surface area contributed by atoms with Gasteiger partial charge in [0.05, 0.1) is 9.92 Å². The van der Waals surface area contributed by atoms with E-state index >= 15 is 0 Å². The Kier molecular flexibility index (Phi) is 5.09. The maximum Gasteiger partial charge on any atom is 0.294 e. The van der Waals surface area contributed by atoms with E-state index in [2.05, 4.69) is 11.5 Å². The van der Waals surface area contributed by atoms with Crippen molar-refractivity contribution in [2.45, 2.75) is 17.2 Å². The lowest BCUT2D eigenvalue weighted by Crippen LogP contribution is -2.28. The van der Waals surface area contributed by atoms with Gasteiger partial charge in [-0.1, -0.05) is 29.8 Å². The molecule has 1 N–H and O–H groups in total. The molecule has 2 aliphatic rings. The zero-order chi connectivity index (χ0) is 19.9. The van der Waals surface area contributed by atoms with Gasteiger partial charge in [-0.3, -0.25) is 9.45 Å². The predicted molar refractivity (Wildman–Crippen MR) is 106 cm³/mol. The Labute approximate surface area is 169 Å². The highest BCUT2D eigenvalue weighted by Crippen LogP contribution is 2.46. The molecule has 0 aliphatic carbocycles. The molecule has 2 aromatic carbocycles. The van der Waals surface area contributed by atoms with Crippen LogP contribution < -0.4 is 9.47 Å². The Balaban J connectivity index is 1.82. The van der Waals surface area contributed by atoms with E-state index in [4.69, 9.17) is 21.1 Å². The summed E-state index contributed by atoms with van der Waals surface area (Å²) in [5.41, 5.74) is 2.99. The molecule has 2 heterocycles. The second-order valence-corrected chi connectivity index (χ2v) is 8.69. The summed E-state index contributed by atoms with van der Waals surface area (Å²) in [6.45, 7) is 6.26. The third-order valence-electron chi connectivity index (χ3n) is 5.20. The highest BCUT2D eigenvalue weighted by atomic mass is 35.5. The van der Waals surface area contributed by atoms with Crippen LogP contribution in [0.1, 0.15) is 22.6 Å². The Morgan fingerprint density at radius 2 is 2.04 bits per heavy atom. The van der Waals surface area contributed by atoms with Crippen LogP contribution in [-0.2, 0) is 16.5 Å². The molecule has 0 aromatic heterocycles. The zero-order valence-electron chi connectivity index (χ0n) is 15.1. The van der Waals surface area contributed by atoms with Crippen molar-refractivity contribution >= 4 is 21.7 Å². The van der Waals surface area contributed by atoms with Crippen LogP contribution in [0.2, 0.25) is 5.02 Å². The fraction of sp³-hybridized carbons (Fsp3) is 0.300. The van der Waals surface area contributed by atoms with Gasteiger partial charge in [-0.25, -0.2) is 0 Å². The van der Waals surface area contributed by atoms with Crippen LogP contribution in [0.3, 0.4) is 0 Å². The van der Waals surface area contributed by atoms with Crippen molar-refractivity contribution in [2.24, 2.45) is 0 Å². The summed E-state index contributed by atoms with van der Waals surface area (Å²) >= 11 is 6.65. The molecular formula is C20H20ClNO5S. The van der Waals surface area contributed by atoms with E-state index < -0.39 is 10.1 Å². The van der Waals surface area contributed by atoms with Gasteiger partial charge in [0.2, 0.25) is 6.79 Å². The average molecular weight is 422 g/mol. The summed E-state index contributed by atoms with van der Waals surface area (Å²) in [4.78, 5) is 2.15. The maximum absolute atomic E-state index is 11.4. The van der Waals surface area contributed by atoms with Gasteiger partial charge in [0, 0.05) is 25.6 Å². The van der Waals surface area contributed by atoms with Gasteiger partial charge in [-0.15, -0.1) is 6.58 Å². The molecule has 0 amide bonds. The van der Waals surface area contributed by atoms with Crippen molar-refractivity contribution < 1.29 is 22.4 Å². The van der Waals surface area contributed by atoms with Gasteiger partial charge in [0.1, 0.15) is 0 Å². The monoisotopic (exact) mass is 421 g/mol. The summed E-state index contributed by atoms with van der Waals surface area (Å²) in [6, 6.07) is 8.27. The summed E-state index contributed by atoms with van der Waals surface area (Å²) in [5, 5.41) is 0.574. The fourth-order valence-corrected chi connectivity index (χ4v) is 4.68. The van der Waals surface area contributed by atoms with Crippen LogP contribution in [-0.4, -0.2) is 44.3 Å². The minimum atomic E-state index is -4.23. The van der Waals surface area contributed by atoms with Crippen LogP contribution in [0.5, 0.6) is 11.5 Å². The van der Waals surface area contributed by atoms with Crippen LogP contribution >= 0.6 is 11.6 Å². The minimum Gasteiger partial charge on any atom is -0.454 e. The van der Waals surface area contributed by atoms with Gasteiger partial charge in [-0.05, 0) is 41.3 Å². The molecule has 28 heavy (non-hydrogen) atoms. The molecule has 2 aromatic rings. The third kappa shape index (κ3) is 3.51. The minimum absolute atomic E-state index is 0.0418. The first-order valence-corrected chi connectivity index (χ1v) is 10.7. The second kappa shape index (κ2) is 7.40. The molecule has 0 fully saturated rings. The van der Waals surface area contributed by atoms with E-state index in [0.717, 1.165) is 42.7 Å². The number of hydrogen-bond acceptors (Lipinski definition) is 5. The Morgan fingerprint density at radius 1 is 1.29 bits per heavy atom. The summed E-state index contributed by atoms with van der Waals surface area (Å²) < 4.78 is 43.1. The number of ether oxygens (including phenoxy) is 2. The topological polar surface area (TPSA) is 76.1 Å². The van der Waals surface area contributed by atoms with Gasteiger partial charge in [-0.2, -0.15) is 8.42 Å². The summed E-state index contributed by atoms with van der Waals surface area (Å²) in [5.74, 6) is 1.17. The first-order chi connectivity index (χ1) is 13.4. The van der Waals surface area contributed by atoms with Gasteiger partial charge in [0.15, 0.2) is 11.5 Å². The molecule has 0 spiro atoms. The van der Waals surface area contributed by atoms with Crippen LogP contribution in [0.25, 0.3) is 0 Å². The van der Waals surface area contributed by atoms with E-state index in [0.29, 0.717) is 16.5 Å². The van der Waals surface area contributed by atoms with E-state index in [9.17, 15) is 13.0 Å². The summed E-state index contributed by atoms with van der Waals surface area (Å²) in [7, 11) is -4.23. The number of rotatable bonds is 4. The van der Waals surface area contributed by atoms with E-state index in [1.807, 2.05) is 12.1 Å². The number of benzene rings is 2. The van der Waals surface area contributed by atoms with E-state index in [1.54, 1.807) is 12.1 Å². The number of hydrogen-bond donors (Lipinski definition) is 1. The van der Waals surface area contributed by atoms with Gasteiger partial charge >= 0.3 is 0 Å². The second-order valence-electron chi connectivity index (χ2n) is 6.89. The lowest BCUT2D eigenvalue weighted by molar-refractivity contribution is 0.174. The molecule has 4 rings (SSSR count). The van der Waals surface area contributed by atoms with Crippen LogP contribution in [0.15, 0.2) is 47.9 Å². The molecular weight excluding hydrogens is 402 g/mol. The van der Waals surface area contributed by atoms with Gasteiger partial charge < -0.3 is 9.47 Å². The molecule has 0 radical (unpaired) electrons. The maximum atomic E-state index is 11.4. The number of nitrogens with zero attached hydrogens (tertiary/aromatic N) is 1. The van der Waals surface area contributed by atoms with Crippen LogP contribution in [0, 0.1) is 0 Å². The Bertz CT molecular complexity index is 1020. The van der Waals surface area contributed by atoms with Crippen molar-refractivity contribution in [2.75, 3.05) is 26.4 Å². The first-order valence-electron chi connectivity index (χ1n) is 8.90. The van der Waals surface area contributed by atoms with Crippen molar-refractivity contribution in [3.8, 4) is 11.5 Å². The highest BCUT2D eigenvalue weighted by Gasteiger charge is 2.31. The number of fused-ring (bicyclic) bond motifs is 2. The normalized spacial score (nSPS) is 19.1. The molecule has 0 saturated carbocycles. The Morgan fingerprint density at radius 3 is 2.71 bits per heavy atom. The SMILES string of the molecule is C=CCN1CCc2c(cc3c(c2Cl)OCO3)C(c2ccc(S(=O)(=O)O)cc2)C1. The molecule has 2 aliphatic heterocycles. The van der Waals surface area contributed by atoms with Crippen molar-refractivity contribution in [3.63, 3.8) is 0 Å². The molecule has 0 saturated heterocycles. The average Bonchev–Trinajstić information content (AvgIpc) is 3.05. The summed E-state index contributed by atoms with van der Waals surface area (Å²) in [6.07, 6.45) is 2.63. The molecule has 1 atom stereocenters. The quantitative estimate of drug-likeness (QED) is 0.601. The van der Waals surface area contributed by atoms with Crippen molar-refractivity contribution in [3.05, 3.63) is 64.7 Å². The molecule has 0 bridgehead atoms. The first kappa shape index (κ1) is 19.3. The van der Waals surface area contributed by atoms with Crippen LogP contribution in [0.4, 0.5) is 0 Å². The van der Waals surface area contributed by atoms with Gasteiger partial charge in [0.25, 0.3) is 10.1 Å². The van der Waals surface area contributed by atoms with E-state index in [-0.39, 0.29) is 17.6 Å². The lowest BCUT2D eigenvalue weighted by atomic mass is 9.87. The lowest BCUT2D eigenvalue weighted by Gasteiger charge is -2.24. The fourth-order valence-electron chi connectivity index (χ4n) is 3.85. The highest BCUT2D eigenvalue weighted by molar-refractivity contribution is 7.85. The third-order valence-corrected chi connectivity index (χ3v) is 6.47. The molecule has 148 valence electrons. The predicted octanol–water partition coefficient (Wildman–Crippen LogP) is 3.49. The molecule has 6 nitrogen and oxygen atoms in total. The molecule has 1 unspecified atom stereocenters. The van der Waals surface area contributed by atoms with Crippen molar-refractivity contribution in [1.29, 1.82) is 0 Å².